The third-order valence-corrected chi connectivity index (χ3v) is 3.69. The maximum Gasteiger partial charge on any atom is 0.340 e. The minimum atomic E-state index is -0.325. The lowest BCUT2D eigenvalue weighted by atomic mass is 10.1. The lowest BCUT2D eigenvalue weighted by Gasteiger charge is -2.05. The van der Waals surface area contributed by atoms with Crippen LogP contribution in [0, 0.1) is 6.92 Å². The number of hydrogen-bond donors (Lipinski definition) is 0. The summed E-state index contributed by atoms with van der Waals surface area (Å²) in [6, 6.07) is 13.1. The van der Waals surface area contributed by atoms with Crippen LogP contribution in [0.3, 0.4) is 0 Å². The molecule has 0 amide bonds. The maximum atomic E-state index is 12.0. The summed E-state index contributed by atoms with van der Waals surface area (Å²) in [5.74, 6) is -0.325. The molecule has 0 atom stereocenters. The molecule has 0 bridgehead atoms. The van der Waals surface area contributed by atoms with Crippen LogP contribution in [0.2, 0.25) is 5.02 Å². The quantitative estimate of drug-likeness (QED) is 0.682. The fourth-order valence-corrected chi connectivity index (χ4v) is 2.51. The van der Waals surface area contributed by atoms with Crippen molar-refractivity contribution in [3.05, 3.63) is 58.7 Å². The summed E-state index contributed by atoms with van der Waals surface area (Å²) in [7, 11) is 0. The van der Waals surface area contributed by atoms with Crippen molar-refractivity contribution in [1.29, 1.82) is 0 Å². The van der Waals surface area contributed by atoms with Crippen LogP contribution >= 0.6 is 11.6 Å². The average molecular weight is 315 g/mol. The van der Waals surface area contributed by atoms with Gasteiger partial charge < -0.3 is 4.74 Å². The van der Waals surface area contributed by atoms with Crippen molar-refractivity contribution in [1.82, 2.24) is 9.61 Å². The average Bonchev–Trinajstić information content (AvgIpc) is 2.85. The summed E-state index contributed by atoms with van der Waals surface area (Å²) >= 11 is 5.91. The van der Waals surface area contributed by atoms with E-state index in [4.69, 9.17) is 16.3 Å². The summed E-state index contributed by atoms with van der Waals surface area (Å²) in [4.78, 5) is 12.0. The number of carbonyl (C=O) groups excluding carboxylic acids is 1. The van der Waals surface area contributed by atoms with Gasteiger partial charge in [-0.15, -0.1) is 0 Å². The first kappa shape index (κ1) is 14.6. The minimum Gasteiger partial charge on any atom is -0.462 e. The molecule has 0 N–H and O–H groups in total. The number of rotatable bonds is 3. The highest BCUT2D eigenvalue weighted by Gasteiger charge is 2.16. The van der Waals surface area contributed by atoms with Crippen molar-refractivity contribution in [2.24, 2.45) is 0 Å². The van der Waals surface area contributed by atoms with E-state index in [9.17, 15) is 4.79 Å². The molecule has 0 spiro atoms. The highest BCUT2D eigenvalue weighted by Crippen LogP contribution is 2.23. The van der Waals surface area contributed by atoms with Gasteiger partial charge in [-0.2, -0.15) is 5.10 Å². The van der Waals surface area contributed by atoms with Crippen LogP contribution in [-0.2, 0) is 4.74 Å². The van der Waals surface area contributed by atoms with E-state index < -0.39 is 0 Å². The minimum absolute atomic E-state index is 0.325. The lowest BCUT2D eigenvalue weighted by molar-refractivity contribution is 0.0528. The van der Waals surface area contributed by atoms with E-state index in [-0.39, 0.29) is 5.97 Å². The zero-order valence-electron chi connectivity index (χ0n) is 12.3. The second-order valence-corrected chi connectivity index (χ2v) is 5.38. The highest BCUT2D eigenvalue weighted by atomic mass is 35.5. The number of hydrogen-bond acceptors (Lipinski definition) is 3. The van der Waals surface area contributed by atoms with Gasteiger partial charge >= 0.3 is 5.97 Å². The van der Waals surface area contributed by atoms with Crippen molar-refractivity contribution in [2.75, 3.05) is 6.61 Å². The third-order valence-electron chi connectivity index (χ3n) is 3.43. The van der Waals surface area contributed by atoms with Crippen LogP contribution in [0.25, 0.3) is 16.8 Å². The number of nitrogens with zero attached hydrogens (tertiary/aromatic N) is 2. The van der Waals surface area contributed by atoms with Crippen LogP contribution in [0.15, 0.2) is 42.5 Å². The zero-order valence-corrected chi connectivity index (χ0v) is 13.1. The summed E-state index contributed by atoms with van der Waals surface area (Å²) in [6.07, 6.45) is 0. The van der Waals surface area contributed by atoms with Crippen molar-refractivity contribution in [3.63, 3.8) is 0 Å². The predicted octanol–water partition coefficient (Wildman–Crippen LogP) is 4.14. The molecule has 2 heterocycles. The molecule has 0 saturated heterocycles. The van der Waals surface area contributed by atoms with Gasteiger partial charge in [0, 0.05) is 16.3 Å². The van der Waals surface area contributed by atoms with Crippen LogP contribution < -0.4 is 0 Å². The zero-order chi connectivity index (χ0) is 15.7. The number of fused-ring (bicyclic) bond motifs is 1. The van der Waals surface area contributed by atoms with Crippen LogP contribution in [-0.4, -0.2) is 22.2 Å². The van der Waals surface area contributed by atoms with E-state index in [1.165, 1.54) is 0 Å². The summed E-state index contributed by atoms with van der Waals surface area (Å²) < 4.78 is 6.84. The second kappa shape index (κ2) is 5.81. The van der Waals surface area contributed by atoms with Gasteiger partial charge in [-0.05, 0) is 44.2 Å². The SMILES string of the molecule is CCOC(=O)c1cc(C)n2nc(-c3ccc(Cl)cc3)ccc12. The van der Waals surface area contributed by atoms with Crippen molar-refractivity contribution in [3.8, 4) is 11.3 Å². The molecule has 0 radical (unpaired) electrons. The Morgan fingerprint density at radius 2 is 1.95 bits per heavy atom. The molecule has 1 aromatic carbocycles. The maximum absolute atomic E-state index is 12.0. The molecular formula is C17H15ClN2O2. The number of esters is 1. The van der Waals surface area contributed by atoms with Gasteiger partial charge in [0.1, 0.15) is 0 Å². The third kappa shape index (κ3) is 2.57. The van der Waals surface area contributed by atoms with E-state index in [0.717, 1.165) is 22.5 Å². The summed E-state index contributed by atoms with van der Waals surface area (Å²) in [5, 5.41) is 5.29. The van der Waals surface area contributed by atoms with Crippen LogP contribution in [0.5, 0.6) is 0 Å². The Bertz CT molecular complexity index is 838. The normalized spacial score (nSPS) is 10.9. The largest absolute Gasteiger partial charge is 0.462 e. The van der Waals surface area contributed by atoms with Gasteiger partial charge in [-0.25, -0.2) is 9.31 Å². The van der Waals surface area contributed by atoms with E-state index in [1.54, 1.807) is 17.5 Å². The van der Waals surface area contributed by atoms with Gasteiger partial charge in [0.15, 0.2) is 0 Å². The fraction of sp³-hybridized carbons (Fsp3) is 0.176. The van der Waals surface area contributed by atoms with Gasteiger partial charge in [-0.1, -0.05) is 23.7 Å². The molecule has 22 heavy (non-hydrogen) atoms. The van der Waals surface area contributed by atoms with E-state index in [1.807, 2.05) is 43.3 Å². The predicted molar refractivity (Wildman–Crippen MR) is 86.3 cm³/mol. The van der Waals surface area contributed by atoms with Gasteiger partial charge in [0.05, 0.1) is 23.4 Å². The van der Waals surface area contributed by atoms with Gasteiger partial charge in [0.2, 0.25) is 0 Å². The highest BCUT2D eigenvalue weighted by molar-refractivity contribution is 6.30. The Hall–Kier alpha value is -2.33. The Labute approximate surface area is 133 Å². The standard InChI is InChI=1S/C17H15ClN2O2/c1-3-22-17(21)14-10-11(2)20-16(14)9-8-15(19-20)12-4-6-13(18)7-5-12/h4-10H,3H2,1-2H3. The van der Waals surface area contributed by atoms with Gasteiger partial charge in [0.25, 0.3) is 0 Å². The molecule has 0 aliphatic rings. The number of aryl methyl sites for hydroxylation is 1. The molecule has 0 unspecified atom stereocenters. The van der Waals surface area contributed by atoms with Crippen LogP contribution in [0.1, 0.15) is 23.0 Å². The molecule has 112 valence electrons. The van der Waals surface area contributed by atoms with E-state index >= 15 is 0 Å². The Kier molecular flexibility index (Phi) is 3.86. The molecule has 0 saturated carbocycles. The molecule has 0 aliphatic heterocycles. The Morgan fingerprint density at radius 1 is 1.23 bits per heavy atom. The number of halogens is 1. The first-order valence-electron chi connectivity index (χ1n) is 7.02. The number of aromatic nitrogens is 2. The topological polar surface area (TPSA) is 43.6 Å². The summed E-state index contributed by atoms with van der Waals surface area (Å²) in [6.45, 7) is 4.06. The monoisotopic (exact) mass is 314 g/mol. The van der Waals surface area contributed by atoms with E-state index in [2.05, 4.69) is 5.10 Å². The number of carbonyl (C=O) groups is 1. The molecule has 0 fully saturated rings. The fourth-order valence-electron chi connectivity index (χ4n) is 2.39. The molecule has 4 nitrogen and oxygen atoms in total. The number of benzene rings is 1. The van der Waals surface area contributed by atoms with Gasteiger partial charge in [-0.3, -0.25) is 0 Å². The molecule has 3 rings (SSSR count). The van der Waals surface area contributed by atoms with Crippen molar-refractivity contribution in [2.45, 2.75) is 13.8 Å². The Balaban J connectivity index is 2.09. The lowest BCUT2D eigenvalue weighted by Crippen LogP contribution is -2.04. The molecule has 0 aliphatic carbocycles. The number of ether oxygens (including phenoxy) is 1. The van der Waals surface area contributed by atoms with Crippen LogP contribution in [0.4, 0.5) is 0 Å². The second-order valence-electron chi connectivity index (χ2n) is 4.94. The first-order valence-corrected chi connectivity index (χ1v) is 7.40. The smallest absolute Gasteiger partial charge is 0.340 e. The first-order chi connectivity index (χ1) is 10.6. The molecule has 3 aromatic rings. The molecular weight excluding hydrogens is 300 g/mol. The van der Waals surface area contributed by atoms with E-state index in [0.29, 0.717) is 17.2 Å². The van der Waals surface area contributed by atoms with Crippen molar-refractivity contribution >= 4 is 23.1 Å². The molecule has 2 aromatic heterocycles. The Morgan fingerprint density at radius 3 is 2.64 bits per heavy atom. The molecule has 5 heteroatoms. The summed E-state index contributed by atoms with van der Waals surface area (Å²) in [5.41, 5.74) is 3.95. The van der Waals surface area contributed by atoms with Crippen molar-refractivity contribution < 1.29 is 9.53 Å².